The quantitative estimate of drug-likeness (QED) is 0.463. The molecule has 25 heavy (non-hydrogen) atoms. The molecule has 136 valence electrons. The van der Waals surface area contributed by atoms with Gasteiger partial charge in [0.25, 0.3) is 0 Å². The first-order chi connectivity index (χ1) is 11.4. The van der Waals surface area contributed by atoms with Crippen LogP contribution in [0.25, 0.3) is 0 Å². The minimum absolute atomic E-state index is 0. The Morgan fingerprint density at radius 3 is 1.44 bits per heavy atom. The molecule has 0 saturated heterocycles. The number of phenolic OH excluding ortho intramolecular Hbond substituents is 2. The van der Waals surface area contributed by atoms with E-state index in [1.54, 1.807) is 12.1 Å². The van der Waals surface area contributed by atoms with Crippen LogP contribution >= 0.6 is 0 Å². The molecule has 4 nitrogen and oxygen atoms in total. The molecule has 0 aliphatic rings. The van der Waals surface area contributed by atoms with Gasteiger partial charge in [0.2, 0.25) is 0 Å². The first kappa shape index (κ1) is 21.1. The van der Waals surface area contributed by atoms with Gasteiger partial charge in [-0.05, 0) is 63.1 Å². The van der Waals surface area contributed by atoms with Gasteiger partial charge in [0, 0.05) is 43.6 Å². The Labute approximate surface area is 163 Å². The molecule has 0 radical (unpaired) electrons. The van der Waals surface area contributed by atoms with Crippen LogP contribution in [0.3, 0.4) is 0 Å². The molecule has 2 aromatic carbocycles. The zero-order chi connectivity index (χ0) is 17.7. The molecule has 0 unspecified atom stereocenters. The summed E-state index contributed by atoms with van der Waals surface area (Å²) in [5.74, 6) is 0.501. The molecule has 0 aromatic heterocycles. The normalized spacial score (nSPS) is 12.0. The minimum atomic E-state index is 0. The van der Waals surface area contributed by atoms with Crippen molar-refractivity contribution in [1.82, 2.24) is 0 Å². The van der Waals surface area contributed by atoms with Gasteiger partial charge in [0.15, 0.2) is 0 Å². The third-order valence-corrected chi connectivity index (χ3v) is 3.88. The van der Waals surface area contributed by atoms with Gasteiger partial charge in [0.1, 0.15) is 11.5 Å². The molecule has 0 saturated carbocycles. The van der Waals surface area contributed by atoms with E-state index < -0.39 is 0 Å². The van der Waals surface area contributed by atoms with Crippen LogP contribution < -0.4 is 0 Å². The van der Waals surface area contributed by atoms with Gasteiger partial charge in [0.05, 0.1) is 13.1 Å². The number of benzene rings is 2. The summed E-state index contributed by atoms with van der Waals surface area (Å²) in [5, 5.41) is 19.9. The fourth-order valence-corrected chi connectivity index (χ4v) is 2.50. The number of aryl methyl sites for hydroxylation is 2. The molecule has 5 heteroatoms. The number of aromatic hydroxyl groups is 2. The first-order valence-corrected chi connectivity index (χ1v) is 8.00. The predicted octanol–water partition coefficient (Wildman–Crippen LogP) is 4.03. The average molecular weight is 520 g/mol. The van der Waals surface area contributed by atoms with E-state index in [0.29, 0.717) is 13.1 Å². The summed E-state index contributed by atoms with van der Waals surface area (Å²) >= 11 is 0. The third kappa shape index (κ3) is 5.82. The Bertz CT molecular complexity index is 731. The van der Waals surface area contributed by atoms with Crippen molar-refractivity contribution in [3.63, 3.8) is 0 Å². The maximum atomic E-state index is 9.97. The fraction of sp³-hybridized carbons (Fsp3) is 0.300. The number of aliphatic imine (C=N–C) groups is 2. The number of hydrogen-bond donors (Lipinski definition) is 2. The van der Waals surface area contributed by atoms with Crippen LogP contribution in [0.2, 0.25) is 0 Å². The standard InChI is InChI=1S/C20H24N2O2.Pt/c1-13-5-7-17(19(23)11-13)15(3)21-9-10-22-16(4)18-8-6-14(2)12-20(18)24;/h5-8,11-12,23-24H,9-10H2,1-4H3;. The van der Waals surface area contributed by atoms with Crippen LogP contribution in [0.5, 0.6) is 11.5 Å². The second-order valence-electron chi connectivity index (χ2n) is 5.98. The van der Waals surface area contributed by atoms with Crippen molar-refractivity contribution in [1.29, 1.82) is 0 Å². The Hall–Kier alpha value is -1.93. The second-order valence-corrected chi connectivity index (χ2v) is 5.98. The van der Waals surface area contributed by atoms with Crippen molar-refractivity contribution < 1.29 is 31.3 Å². The van der Waals surface area contributed by atoms with Gasteiger partial charge >= 0.3 is 0 Å². The van der Waals surface area contributed by atoms with Crippen LogP contribution in [0, 0.1) is 13.8 Å². The minimum Gasteiger partial charge on any atom is -0.507 e. The van der Waals surface area contributed by atoms with Crippen LogP contribution in [0.1, 0.15) is 36.1 Å². The summed E-state index contributed by atoms with van der Waals surface area (Å²) in [6, 6.07) is 11.1. The number of phenols is 2. The molecule has 2 N–H and O–H groups in total. The van der Waals surface area contributed by atoms with Crippen LogP contribution in [0.4, 0.5) is 0 Å². The van der Waals surface area contributed by atoms with Gasteiger partial charge in [-0.15, -0.1) is 0 Å². The monoisotopic (exact) mass is 519 g/mol. The Kier molecular flexibility index (Phi) is 8.04. The second kappa shape index (κ2) is 9.53. The molecule has 0 amide bonds. The van der Waals surface area contributed by atoms with E-state index >= 15 is 0 Å². The molecule has 0 fully saturated rings. The van der Waals surface area contributed by atoms with Crippen molar-refractivity contribution in [2.24, 2.45) is 9.98 Å². The smallest absolute Gasteiger partial charge is 0.124 e. The summed E-state index contributed by atoms with van der Waals surface area (Å²) in [5.41, 5.74) is 5.11. The Balaban J connectivity index is 0.00000312. The van der Waals surface area contributed by atoms with Gasteiger partial charge in [-0.2, -0.15) is 0 Å². The van der Waals surface area contributed by atoms with Crippen molar-refractivity contribution in [2.45, 2.75) is 27.7 Å². The van der Waals surface area contributed by atoms with E-state index in [1.807, 2.05) is 52.0 Å². The van der Waals surface area contributed by atoms with Gasteiger partial charge in [-0.1, -0.05) is 12.1 Å². The molecule has 0 bridgehead atoms. The summed E-state index contributed by atoms with van der Waals surface area (Å²) in [4.78, 5) is 8.95. The molecule has 0 aliphatic carbocycles. The zero-order valence-corrected chi connectivity index (χ0v) is 17.3. The summed E-state index contributed by atoms with van der Waals surface area (Å²) in [6.07, 6.45) is 0. The van der Waals surface area contributed by atoms with E-state index in [4.69, 9.17) is 0 Å². The summed E-state index contributed by atoms with van der Waals surface area (Å²) < 4.78 is 0. The third-order valence-electron chi connectivity index (χ3n) is 3.88. The number of rotatable bonds is 5. The average Bonchev–Trinajstić information content (AvgIpc) is 2.51. The molecular formula is C20H24N2O2Pt. The van der Waals surface area contributed by atoms with E-state index in [0.717, 1.165) is 33.7 Å². The van der Waals surface area contributed by atoms with Crippen molar-refractivity contribution in [3.8, 4) is 11.5 Å². The number of hydrogen-bond acceptors (Lipinski definition) is 4. The predicted molar refractivity (Wildman–Crippen MR) is 99.8 cm³/mol. The van der Waals surface area contributed by atoms with Gasteiger partial charge in [-0.25, -0.2) is 0 Å². The fourth-order valence-electron chi connectivity index (χ4n) is 2.50. The largest absolute Gasteiger partial charge is 0.507 e. The van der Waals surface area contributed by atoms with Crippen molar-refractivity contribution in [3.05, 3.63) is 58.7 Å². The van der Waals surface area contributed by atoms with Crippen molar-refractivity contribution in [2.75, 3.05) is 13.1 Å². The molecular weight excluding hydrogens is 495 g/mol. The number of nitrogens with zero attached hydrogens (tertiary/aromatic N) is 2. The van der Waals surface area contributed by atoms with E-state index in [-0.39, 0.29) is 32.6 Å². The maximum Gasteiger partial charge on any atom is 0.124 e. The first-order valence-electron chi connectivity index (χ1n) is 8.00. The van der Waals surface area contributed by atoms with Crippen molar-refractivity contribution >= 4 is 11.4 Å². The van der Waals surface area contributed by atoms with Crippen LogP contribution in [-0.2, 0) is 21.1 Å². The summed E-state index contributed by atoms with van der Waals surface area (Å²) in [6.45, 7) is 8.70. The topological polar surface area (TPSA) is 65.2 Å². The van der Waals surface area contributed by atoms with Crippen LogP contribution in [0.15, 0.2) is 46.4 Å². The summed E-state index contributed by atoms with van der Waals surface area (Å²) in [7, 11) is 0. The Morgan fingerprint density at radius 2 is 1.12 bits per heavy atom. The van der Waals surface area contributed by atoms with Gasteiger partial charge < -0.3 is 10.2 Å². The van der Waals surface area contributed by atoms with E-state index in [1.165, 1.54) is 0 Å². The molecule has 2 rings (SSSR count). The Morgan fingerprint density at radius 1 is 0.760 bits per heavy atom. The molecule has 0 atom stereocenters. The molecule has 0 aliphatic heterocycles. The zero-order valence-electron chi connectivity index (χ0n) is 15.0. The molecule has 0 heterocycles. The molecule has 0 spiro atoms. The van der Waals surface area contributed by atoms with E-state index in [9.17, 15) is 10.2 Å². The van der Waals surface area contributed by atoms with Gasteiger partial charge in [-0.3, -0.25) is 9.98 Å². The van der Waals surface area contributed by atoms with Crippen LogP contribution in [-0.4, -0.2) is 34.7 Å². The molecule has 2 aromatic rings. The maximum absolute atomic E-state index is 9.97. The SMILES string of the molecule is CC(=NCCN=C(C)c1ccc(C)cc1O)c1ccc(C)cc1O.[Pt]. The van der Waals surface area contributed by atoms with E-state index in [2.05, 4.69) is 9.98 Å².